The molecule has 2 amide bonds. The first-order chi connectivity index (χ1) is 12.0. The van der Waals surface area contributed by atoms with Crippen molar-refractivity contribution in [1.82, 2.24) is 9.80 Å². The molecular formula is C20H29N3O2. The monoisotopic (exact) mass is 343 g/mol. The zero-order valence-corrected chi connectivity index (χ0v) is 15.5. The molecule has 1 saturated heterocycles. The lowest BCUT2D eigenvalue weighted by atomic mass is 10.0. The summed E-state index contributed by atoms with van der Waals surface area (Å²) < 4.78 is 0. The molecule has 5 nitrogen and oxygen atoms in total. The summed E-state index contributed by atoms with van der Waals surface area (Å²) in [6.45, 7) is 3.96. The number of rotatable bonds is 6. The van der Waals surface area contributed by atoms with E-state index >= 15 is 0 Å². The average Bonchev–Trinajstić information content (AvgIpc) is 3.16. The number of carbonyl (C=O) groups is 2. The molecule has 0 radical (unpaired) electrons. The quantitative estimate of drug-likeness (QED) is 0.862. The Labute approximate surface area is 150 Å². The topological polar surface area (TPSA) is 52.7 Å². The minimum Gasteiger partial charge on any atom is -0.341 e. The number of nitrogens with one attached hydrogen (secondary N) is 1. The van der Waals surface area contributed by atoms with Gasteiger partial charge in [-0.05, 0) is 50.0 Å². The second-order valence-electron chi connectivity index (χ2n) is 7.57. The predicted octanol–water partition coefficient (Wildman–Crippen LogP) is 2.30. The third kappa shape index (κ3) is 4.03. The van der Waals surface area contributed by atoms with Gasteiger partial charge in [0.25, 0.3) is 0 Å². The lowest BCUT2D eigenvalue weighted by molar-refractivity contribution is -0.130. The first kappa shape index (κ1) is 17.9. The zero-order valence-electron chi connectivity index (χ0n) is 15.5. The molecular weight excluding hydrogens is 314 g/mol. The number of likely N-dealkylation sites (tertiary alicyclic amines) is 1. The Morgan fingerprint density at radius 2 is 2.12 bits per heavy atom. The molecule has 25 heavy (non-hydrogen) atoms. The van der Waals surface area contributed by atoms with Gasteiger partial charge in [-0.1, -0.05) is 25.5 Å². The summed E-state index contributed by atoms with van der Waals surface area (Å²) in [4.78, 5) is 28.3. The Bertz CT molecular complexity index is 656. The van der Waals surface area contributed by atoms with Crippen molar-refractivity contribution in [2.75, 3.05) is 32.5 Å². The molecule has 5 heteroatoms. The van der Waals surface area contributed by atoms with Crippen LogP contribution >= 0.6 is 0 Å². The van der Waals surface area contributed by atoms with Crippen LogP contribution in [0.4, 0.5) is 5.69 Å². The molecule has 1 fully saturated rings. The highest BCUT2D eigenvalue weighted by molar-refractivity contribution is 5.99. The lowest BCUT2D eigenvalue weighted by Gasteiger charge is -2.23. The maximum Gasteiger partial charge on any atom is 0.228 e. The number of amides is 2. The third-order valence-electron chi connectivity index (χ3n) is 5.60. The van der Waals surface area contributed by atoms with Crippen LogP contribution in [0.5, 0.6) is 0 Å². The summed E-state index contributed by atoms with van der Waals surface area (Å²) in [5.41, 5.74) is 3.22. The number of nitrogens with zero attached hydrogens (tertiary/aromatic N) is 2. The number of hydrogen-bond acceptors (Lipinski definition) is 3. The van der Waals surface area contributed by atoms with Crippen LogP contribution in [0.1, 0.15) is 37.3 Å². The van der Waals surface area contributed by atoms with E-state index in [0.29, 0.717) is 24.8 Å². The molecule has 3 rings (SSSR count). The van der Waals surface area contributed by atoms with Crippen molar-refractivity contribution in [2.45, 2.75) is 45.1 Å². The molecule has 2 aliphatic rings. The van der Waals surface area contributed by atoms with Crippen LogP contribution in [-0.4, -0.2) is 54.8 Å². The maximum absolute atomic E-state index is 12.5. The maximum atomic E-state index is 12.5. The Hall–Kier alpha value is -1.88. The van der Waals surface area contributed by atoms with Crippen molar-refractivity contribution in [2.24, 2.45) is 5.92 Å². The van der Waals surface area contributed by atoms with Crippen LogP contribution < -0.4 is 5.32 Å². The molecule has 2 heterocycles. The van der Waals surface area contributed by atoms with Gasteiger partial charge in [0.05, 0.1) is 6.42 Å². The molecule has 0 unspecified atom stereocenters. The van der Waals surface area contributed by atoms with Crippen molar-refractivity contribution in [3.63, 3.8) is 0 Å². The number of carbonyl (C=O) groups excluding carboxylic acids is 2. The van der Waals surface area contributed by atoms with E-state index in [2.05, 4.69) is 43.4 Å². The van der Waals surface area contributed by atoms with Crippen molar-refractivity contribution in [3.05, 3.63) is 29.3 Å². The SMILES string of the molecule is CC[C@@H]1CN(C(=O)CCCc2ccc3c(c2)CC(=O)N3)C[C@@H]1N(C)C. The fourth-order valence-corrected chi connectivity index (χ4v) is 4.08. The van der Waals surface area contributed by atoms with Crippen molar-refractivity contribution in [3.8, 4) is 0 Å². The summed E-state index contributed by atoms with van der Waals surface area (Å²) in [6, 6.07) is 6.62. The lowest BCUT2D eigenvalue weighted by Crippen LogP contribution is -2.36. The number of likely N-dealkylation sites (N-methyl/N-ethyl adjacent to an activating group) is 1. The Morgan fingerprint density at radius 1 is 1.32 bits per heavy atom. The second-order valence-corrected chi connectivity index (χ2v) is 7.57. The summed E-state index contributed by atoms with van der Waals surface area (Å²) in [5, 5.41) is 2.86. The van der Waals surface area contributed by atoms with Gasteiger partial charge in [0.1, 0.15) is 0 Å². The molecule has 0 spiro atoms. The molecule has 0 aliphatic carbocycles. The molecule has 1 aromatic carbocycles. The fraction of sp³-hybridized carbons (Fsp3) is 0.600. The van der Waals surface area contributed by atoms with Gasteiger partial charge in [0.2, 0.25) is 11.8 Å². The highest BCUT2D eigenvalue weighted by Gasteiger charge is 2.34. The smallest absolute Gasteiger partial charge is 0.228 e. The van der Waals surface area contributed by atoms with Gasteiger partial charge < -0.3 is 15.1 Å². The van der Waals surface area contributed by atoms with Gasteiger partial charge in [-0.3, -0.25) is 9.59 Å². The number of benzene rings is 1. The van der Waals surface area contributed by atoms with E-state index in [4.69, 9.17) is 0 Å². The first-order valence-corrected chi connectivity index (χ1v) is 9.33. The average molecular weight is 343 g/mol. The first-order valence-electron chi connectivity index (χ1n) is 9.33. The van der Waals surface area contributed by atoms with Crippen LogP contribution in [-0.2, 0) is 22.4 Å². The molecule has 0 bridgehead atoms. The van der Waals surface area contributed by atoms with E-state index < -0.39 is 0 Å². The van der Waals surface area contributed by atoms with E-state index in [0.717, 1.165) is 43.6 Å². The van der Waals surface area contributed by atoms with Crippen LogP contribution in [0.15, 0.2) is 18.2 Å². The molecule has 0 saturated carbocycles. The molecule has 2 atom stereocenters. The summed E-state index contributed by atoms with van der Waals surface area (Å²) >= 11 is 0. The van der Waals surface area contributed by atoms with E-state index in [-0.39, 0.29) is 11.8 Å². The normalized spacial score (nSPS) is 22.4. The molecule has 136 valence electrons. The van der Waals surface area contributed by atoms with Gasteiger partial charge in [-0.2, -0.15) is 0 Å². The van der Waals surface area contributed by atoms with Gasteiger partial charge in [0.15, 0.2) is 0 Å². The number of fused-ring (bicyclic) bond motifs is 1. The van der Waals surface area contributed by atoms with E-state index in [1.165, 1.54) is 5.56 Å². The van der Waals surface area contributed by atoms with E-state index in [1.807, 2.05) is 11.0 Å². The van der Waals surface area contributed by atoms with Gasteiger partial charge in [0, 0.05) is 31.2 Å². The standard InChI is InChI=1S/C20H29N3O2/c1-4-15-12-23(13-18(15)22(2)3)20(25)7-5-6-14-8-9-17-16(10-14)11-19(24)21-17/h8-10,15,18H,4-7,11-13H2,1-3H3,(H,21,24)/t15-,18+/m1/s1. The largest absolute Gasteiger partial charge is 0.341 e. The summed E-state index contributed by atoms with van der Waals surface area (Å²) in [7, 11) is 4.21. The van der Waals surface area contributed by atoms with E-state index in [9.17, 15) is 9.59 Å². The second kappa shape index (κ2) is 7.56. The summed E-state index contributed by atoms with van der Waals surface area (Å²) in [6.07, 6.45) is 3.94. The van der Waals surface area contributed by atoms with Gasteiger partial charge >= 0.3 is 0 Å². The molecule has 0 aromatic heterocycles. The minimum atomic E-state index is 0.0669. The predicted molar refractivity (Wildman–Crippen MR) is 99.5 cm³/mol. The third-order valence-corrected chi connectivity index (χ3v) is 5.60. The molecule has 1 N–H and O–H groups in total. The van der Waals surface area contributed by atoms with Crippen LogP contribution in [0, 0.1) is 5.92 Å². The molecule has 1 aromatic rings. The van der Waals surface area contributed by atoms with Crippen molar-refractivity contribution in [1.29, 1.82) is 0 Å². The molecule has 2 aliphatic heterocycles. The Kier molecular flexibility index (Phi) is 5.42. The van der Waals surface area contributed by atoms with Crippen LogP contribution in [0.3, 0.4) is 0 Å². The number of aryl methyl sites for hydroxylation is 1. The van der Waals surface area contributed by atoms with Crippen LogP contribution in [0.25, 0.3) is 0 Å². The minimum absolute atomic E-state index is 0.0669. The van der Waals surface area contributed by atoms with Gasteiger partial charge in [-0.25, -0.2) is 0 Å². The fourth-order valence-electron chi connectivity index (χ4n) is 4.08. The Balaban J connectivity index is 1.49. The van der Waals surface area contributed by atoms with Gasteiger partial charge in [-0.15, -0.1) is 0 Å². The highest BCUT2D eigenvalue weighted by Crippen LogP contribution is 2.26. The zero-order chi connectivity index (χ0) is 18.0. The highest BCUT2D eigenvalue weighted by atomic mass is 16.2. The summed E-state index contributed by atoms with van der Waals surface area (Å²) in [5.74, 6) is 0.929. The van der Waals surface area contributed by atoms with Crippen molar-refractivity contribution >= 4 is 17.5 Å². The van der Waals surface area contributed by atoms with Crippen LogP contribution in [0.2, 0.25) is 0 Å². The number of anilines is 1. The van der Waals surface area contributed by atoms with E-state index in [1.54, 1.807) is 0 Å². The van der Waals surface area contributed by atoms with Crippen molar-refractivity contribution < 1.29 is 9.59 Å². The number of hydrogen-bond donors (Lipinski definition) is 1. The Morgan fingerprint density at radius 3 is 2.80 bits per heavy atom.